The molecular weight excluding hydrogens is 296 g/mol. The Labute approximate surface area is 135 Å². The first-order valence-corrected chi connectivity index (χ1v) is 8.43. The number of thiazole rings is 1. The van der Waals surface area contributed by atoms with E-state index < -0.39 is 0 Å². The molecule has 0 N–H and O–H groups in total. The van der Waals surface area contributed by atoms with Gasteiger partial charge < -0.3 is 9.64 Å². The largest absolute Gasteiger partial charge is 0.378 e. The van der Waals surface area contributed by atoms with Crippen LogP contribution in [-0.2, 0) is 11.3 Å². The van der Waals surface area contributed by atoms with Gasteiger partial charge in [0.05, 0.1) is 23.5 Å². The highest BCUT2D eigenvalue weighted by atomic mass is 32.1. The number of hydrogen-bond donors (Lipinski definition) is 0. The molecule has 3 heterocycles. The minimum atomic E-state index is 0.0333. The summed E-state index contributed by atoms with van der Waals surface area (Å²) in [7, 11) is 4.10. The molecule has 0 amide bonds. The molecule has 1 fully saturated rings. The van der Waals surface area contributed by atoms with Gasteiger partial charge >= 0.3 is 0 Å². The summed E-state index contributed by atoms with van der Waals surface area (Å²) in [6.07, 6.45) is 0.0333. The lowest BCUT2D eigenvalue weighted by Gasteiger charge is -2.32. The van der Waals surface area contributed by atoms with Gasteiger partial charge in [-0.25, -0.2) is 4.98 Å². The molecule has 0 aliphatic carbocycles. The molecule has 1 aliphatic rings. The molecule has 1 unspecified atom stereocenters. The van der Waals surface area contributed by atoms with Crippen LogP contribution in [0, 0.1) is 6.92 Å². The molecule has 3 rings (SSSR count). The molecule has 1 saturated heterocycles. The number of pyridine rings is 1. The second-order valence-electron chi connectivity index (χ2n) is 5.86. The number of ether oxygens (including phenoxy) is 1. The average molecular weight is 318 g/mol. The van der Waals surface area contributed by atoms with Crippen LogP contribution in [0.3, 0.4) is 0 Å². The summed E-state index contributed by atoms with van der Waals surface area (Å²) in [6.45, 7) is 5.46. The van der Waals surface area contributed by atoms with E-state index in [4.69, 9.17) is 4.74 Å². The lowest BCUT2D eigenvalue weighted by molar-refractivity contribution is -0.0353. The number of rotatable bonds is 4. The van der Waals surface area contributed by atoms with E-state index in [0.29, 0.717) is 0 Å². The van der Waals surface area contributed by atoms with E-state index in [1.54, 1.807) is 11.3 Å². The van der Waals surface area contributed by atoms with Crippen molar-refractivity contribution in [2.24, 2.45) is 0 Å². The van der Waals surface area contributed by atoms with Crippen LogP contribution in [0.25, 0.3) is 0 Å². The highest BCUT2D eigenvalue weighted by Crippen LogP contribution is 2.25. The van der Waals surface area contributed by atoms with Crippen molar-refractivity contribution in [1.82, 2.24) is 14.9 Å². The summed E-state index contributed by atoms with van der Waals surface area (Å²) in [6, 6.07) is 4.23. The van der Waals surface area contributed by atoms with Crippen molar-refractivity contribution in [2.45, 2.75) is 19.6 Å². The summed E-state index contributed by atoms with van der Waals surface area (Å²) in [5.41, 5.74) is 6.24. The second-order valence-corrected chi connectivity index (χ2v) is 6.58. The van der Waals surface area contributed by atoms with E-state index >= 15 is 0 Å². The van der Waals surface area contributed by atoms with Gasteiger partial charge in [-0.3, -0.25) is 9.88 Å². The van der Waals surface area contributed by atoms with Crippen molar-refractivity contribution in [3.8, 4) is 0 Å². The lowest BCUT2D eigenvalue weighted by Crippen LogP contribution is -2.38. The van der Waals surface area contributed by atoms with Crippen LogP contribution >= 0.6 is 11.3 Å². The fourth-order valence-electron chi connectivity index (χ4n) is 2.67. The molecule has 0 radical (unpaired) electrons. The van der Waals surface area contributed by atoms with Gasteiger partial charge in [-0.05, 0) is 19.1 Å². The monoisotopic (exact) mass is 318 g/mol. The number of aromatic nitrogens is 2. The summed E-state index contributed by atoms with van der Waals surface area (Å²) in [5, 5.41) is 2.11. The number of anilines is 1. The highest BCUT2D eigenvalue weighted by molar-refractivity contribution is 7.07. The Kier molecular flexibility index (Phi) is 4.71. The molecule has 1 atom stereocenters. The van der Waals surface area contributed by atoms with Gasteiger partial charge in [0.15, 0.2) is 0 Å². The maximum atomic E-state index is 5.96. The van der Waals surface area contributed by atoms with Crippen LogP contribution in [0.4, 0.5) is 5.69 Å². The van der Waals surface area contributed by atoms with Crippen LogP contribution < -0.4 is 4.90 Å². The number of morpholine rings is 1. The van der Waals surface area contributed by atoms with Crippen molar-refractivity contribution in [2.75, 3.05) is 38.7 Å². The Morgan fingerprint density at radius 3 is 3.00 bits per heavy atom. The predicted molar refractivity (Wildman–Crippen MR) is 89.4 cm³/mol. The van der Waals surface area contributed by atoms with E-state index in [1.165, 1.54) is 5.69 Å². The Hall–Kier alpha value is -1.50. The fraction of sp³-hybridized carbons (Fsp3) is 0.500. The van der Waals surface area contributed by atoms with Crippen molar-refractivity contribution in [3.05, 3.63) is 40.1 Å². The van der Waals surface area contributed by atoms with Gasteiger partial charge in [-0.2, -0.15) is 0 Å². The van der Waals surface area contributed by atoms with Gasteiger partial charge in [0, 0.05) is 50.5 Å². The van der Waals surface area contributed by atoms with Crippen molar-refractivity contribution >= 4 is 17.0 Å². The van der Waals surface area contributed by atoms with Gasteiger partial charge in [0.2, 0.25) is 0 Å². The van der Waals surface area contributed by atoms with Gasteiger partial charge in [0.1, 0.15) is 6.10 Å². The second kappa shape index (κ2) is 6.73. The standard InChI is InChI=1S/C16H22N4OS/c1-12-6-14(19(2)3)7-15(18-12)16-9-20(4-5-21-16)8-13-10-22-11-17-13/h6-7,10-11,16H,4-5,8-9H2,1-3H3. The molecule has 1 aliphatic heterocycles. The quantitative estimate of drug-likeness (QED) is 0.866. The van der Waals surface area contributed by atoms with E-state index in [2.05, 4.69) is 51.4 Å². The van der Waals surface area contributed by atoms with Crippen LogP contribution in [0.5, 0.6) is 0 Å². The summed E-state index contributed by atoms with van der Waals surface area (Å²) >= 11 is 1.65. The zero-order valence-corrected chi connectivity index (χ0v) is 14.1. The molecule has 0 aromatic carbocycles. The van der Waals surface area contributed by atoms with Crippen molar-refractivity contribution < 1.29 is 4.74 Å². The predicted octanol–water partition coefficient (Wildman–Crippen LogP) is 2.49. The molecule has 2 aromatic rings. The molecule has 0 bridgehead atoms. The number of nitrogens with zero attached hydrogens (tertiary/aromatic N) is 4. The Morgan fingerprint density at radius 2 is 2.27 bits per heavy atom. The fourth-order valence-corrected chi connectivity index (χ4v) is 3.22. The summed E-state index contributed by atoms with van der Waals surface area (Å²) < 4.78 is 5.96. The van der Waals surface area contributed by atoms with Crippen LogP contribution in [0.1, 0.15) is 23.2 Å². The Morgan fingerprint density at radius 1 is 1.41 bits per heavy atom. The van der Waals surface area contributed by atoms with Crippen molar-refractivity contribution in [3.63, 3.8) is 0 Å². The number of hydrogen-bond acceptors (Lipinski definition) is 6. The van der Waals surface area contributed by atoms with E-state index in [-0.39, 0.29) is 6.10 Å². The van der Waals surface area contributed by atoms with Crippen LogP contribution in [0.2, 0.25) is 0 Å². The molecule has 0 saturated carbocycles. The molecule has 6 heteroatoms. The first-order chi connectivity index (χ1) is 10.6. The molecule has 118 valence electrons. The summed E-state index contributed by atoms with van der Waals surface area (Å²) in [4.78, 5) is 13.5. The van der Waals surface area contributed by atoms with Crippen LogP contribution in [-0.4, -0.2) is 48.7 Å². The first-order valence-electron chi connectivity index (χ1n) is 7.49. The Bertz CT molecular complexity index is 615. The van der Waals surface area contributed by atoms with Crippen molar-refractivity contribution in [1.29, 1.82) is 0 Å². The number of aryl methyl sites for hydroxylation is 1. The third kappa shape index (κ3) is 3.63. The molecular formula is C16H22N4OS. The van der Waals surface area contributed by atoms with Gasteiger partial charge in [-0.15, -0.1) is 11.3 Å². The minimum absolute atomic E-state index is 0.0333. The van der Waals surface area contributed by atoms with Gasteiger partial charge in [-0.1, -0.05) is 0 Å². The summed E-state index contributed by atoms with van der Waals surface area (Å²) in [5.74, 6) is 0. The first kappa shape index (κ1) is 15.4. The van der Waals surface area contributed by atoms with E-state index in [1.807, 2.05) is 12.4 Å². The molecule has 5 nitrogen and oxygen atoms in total. The lowest BCUT2D eigenvalue weighted by atomic mass is 10.1. The zero-order chi connectivity index (χ0) is 15.5. The van der Waals surface area contributed by atoms with E-state index in [0.717, 1.165) is 43.3 Å². The smallest absolute Gasteiger partial charge is 0.112 e. The zero-order valence-electron chi connectivity index (χ0n) is 13.3. The highest BCUT2D eigenvalue weighted by Gasteiger charge is 2.24. The van der Waals surface area contributed by atoms with Crippen LogP contribution in [0.15, 0.2) is 23.0 Å². The van der Waals surface area contributed by atoms with E-state index in [9.17, 15) is 0 Å². The molecule has 0 spiro atoms. The maximum absolute atomic E-state index is 5.96. The topological polar surface area (TPSA) is 41.5 Å². The third-order valence-electron chi connectivity index (χ3n) is 3.82. The molecule has 2 aromatic heterocycles. The molecule has 22 heavy (non-hydrogen) atoms. The minimum Gasteiger partial charge on any atom is -0.378 e. The normalized spacial score (nSPS) is 19.3. The van der Waals surface area contributed by atoms with Gasteiger partial charge in [0.25, 0.3) is 0 Å². The maximum Gasteiger partial charge on any atom is 0.112 e. The SMILES string of the molecule is Cc1cc(N(C)C)cc(C2CN(Cc3cscn3)CCO2)n1. The third-order valence-corrected chi connectivity index (χ3v) is 4.46. The Balaban J connectivity index is 1.74. The average Bonchev–Trinajstić information content (AvgIpc) is 3.00.